The normalized spacial score (nSPS) is 14.5. The maximum absolute atomic E-state index is 11.3. The van der Waals surface area contributed by atoms with Gasteiger partial charge in [-0.2, -0.15) is 8.42 Å². The summed E-state index contributed by atoms with van der Waals surface area (Å²) in [4.78, 5) is 0. The third kappa shape index (κ3) is 10.1. The molecule has 0 aliphatic rings. The van der Waals surface area contributed by atoms with Crippen molar-refractivity contribution in [2.75, 3.05) is 13.1 Å². The molecule has 0 aromatic carbocycles. The van der Waals surface area contributed by atoms with Crippen molar-refractivity contribution < 1.29 is 8.42 Å². The third-order valence-corrected chi connectivity index (χ3v) is 2.94. The highest BCUT2D eigenvalue weighted by atomic mass is 32.2. The van der Waals surface area contributed by atoms with Crippen LogP contribution in [-0.2, 0) is 10.2 Å². The predicted molar refractivity (Wildman–Crippen MR) is 62.6 cm³/mol. The van der Waals surface area contributed by atoms with E-state index in [1.165, 1.54) is 0 Å². The topological polar surface area (TPSA) is 84.2 Å². The van der Waals surface area contributed by atoms with Crippen LogP contribution in [0.5, 0.6) is 0 Å². The molecule has 0 rings (SSSR count). The molecule has 92 valence electrons. The molecule has 0 amide bonds. The highest BCUT2D eigenvalue weighted by molar-refractivity contribution is 7.87. The number of hydrogen-bond donors (Lipinski definition) is 3. The van der Waals surface area contributed by atoms with Gasteiger partial charge in [0.05, 0.1) is 0 Å². The van der Waals surface area contributed by atoms with Crippen molar-refractivity contribution in [2.24, 2.45) is 11.7 Å². The quantitative estimate of drug-likeness (QED) is 0.527. The molecule has 1 atom stereocenters. The molecule has 0 heterocycles. The zero-order valence-electron chi connectivity index (χ0n) is 9.79. The summed E-state index contributed by atoms with van der Waals surface area (Å²) in [5, 5.41) is 0. The molecule has 15 heavy (non-hydrogen) atoms. The lowest BCUT2D eigenvalue weighted by Gasteiger charge is -2.10. The first-order chi connectivity index (χ1) is 6.83. The summed E-state index contributed by atoms with van der Waals surface area (Å²) in [5.41, 5.74) is 5.55. The van der Waals surface area contributed by atoms with Gasteiger partial charge in [0.25, 0.3) is 10.2 Å². The third-order valence-electron chi connectivity index (χ3n) is 1.81. The molecule has 0 radical (unpaired) electrons. The van der Waals surface area contributed by atoms with Gasteiger partial charge < -0.3 is 5.73 Å². The van der Waals surface area contributed by atoms with E-state index in [1.807, 2.05) is 20.8 Å². The van der Waals surface area contributed by atoms with Gasteiger partial charge in [0.2, 0.25) is 0 Å². The average Bonchev–Trinajstić information content (AvgIpc) is 2.09. The fraction of sp³-hybridized carbons (Fsp3) is 1.00. The maximum atomic E-state index is 11.3. The van der Waals surface area contributed by atoms with Gasteiger partial charge in [-0.25, -0.2) is 9.44 Å². The molecule has 0 fully saturated rings. The van der Waals surface area contributed by atoms with E-state index in [1.54, 1.807) is 0 Å². The lowest BCUT2D eigenvalue weighted by molar-refractivity contribution is 0.540. The second-order valence-corrected chi connectivity index (χ2v) is 5.84. The lowest BCUT2D eigenvalue weighted by Crippen LogP contribution is -2.39. The largest absolute Gasteiger partial charge is 0.328 e. The van der Waals surface area contributed by atoms with E-state index in [4.69, 9.17) is 5.73 Å². The molecular formula is C9H23N3O2S. The molecule has 0 saturated heterocycles. The van der Waals surface area contributed by atoms with Crippen molar-refractivity contribution in [1.29, 1.82) is 0 Å². The second kappa shape index (κ2) is 7.16. The molecule has 0 aliphatic heterocycles. The number of hydrogen-bond acceptors (Lipinski definition) is 3. The van der Waals surface area contributed by atoms with E-state index in [0.717, 1.165) is 12.8 Å². The lowest BCUT2D eigenvalue weighted by atomic mass is 10.2. The molecule has 0 aliphatic carbocycles. The van der Waals surface area contributed by atoms with Crippen LogP contribution in [0.25, 0.3) is 0 Å². The van der Waals surface area contributed by atoms with Crippen LogP contribution < -0.4 is 15.2 Å². The smallest absolute Gasteiger partial charge is 0.276 e. The van der Waals surface area contributed by atoms with Gasteiger partial charge >= 0.3 is 0 Å². The van der Waals surface area contributed by atoms with E-state index in [-0.39, 0.29) is 6.04 Å². The summed E-state index contributed by atoms with van der Waals surface area (Å²) in [6.45, 7) is 6.72. The standard InChI is InChI=1S/C9H23N3O2S/c1-8(2)7-12-15(13,14)11-6-4-5-9(3)10/h8-9,11-12H,4-7,10H2,1-3H3. The molecule has 4 N–H and O–H groups in total. The van der Waals surface area contributed by atoms with Crippen LogP contribution in [0.1, 0.15) is 33.6 Å². The van der Waals surface area contributed by atoms with Gasteiger partial charge in [-0.1, -0.05) is 13.8 Å². The van der Waals surface area contributed by atoms with E-state index in [2.05, 4.69) is 9.44 Å². The van der Waals surface area contributed by atoms with E-state index >= 15 is 0 Å². The molecular weight excluding hydrogens is 214 g/mol. The summed E-state index contributed by atoms with van der Waals surface area (Å²) in [5.74, 6) is 0.311. The molecule has 0 saturated carbocycles. The first-order valence-electron chi connectivity index (χ1n) is 5.33. The monoisotopic (exact) mass is 237 g/mol. The molecule has 0 spiro atoms. The second-order valence-electron chi connectivity index (χ2n) is 4.26. The molecule has 1 unspecified atom stereocenters. The summed E-state index contributed by atoms with van der Waals surface area (Å²) in [6.07, 6.45) is 1.59. The van der Waals surface area contributed by atoms with Gasteiger partial charge in [-0.3, -0.25) is 0 Å². The van der Waals surface area contributed by atoms with Gasteiger partial charge in [0.15, 0.2) is 0 Å². The number of rotatable bonds is 8. The van der Waals surface area contributed by atoms with Crippen LogP contribution in [0.4, 0.5) is 0 Å². The van der Waals surface area contributed by atoms with E-state index in [9.17, 15) is 8.42 Å². The molecule has 0 bridgehead atoms. The summed E-state index contributed by atoms with van der Waals surface area (Å²) < 4.78 is 27.6. The van der Waals surface area contributed by atoms with Crippen molar-refractivity contribution >= 4 is 10.2 Å². The first kappa shape index (κ1) is 14.8. The Balaban J connectivity index is 3.66. The summed E-state index contributed by atoms with van der Waals surface area (Å²) in [6, 6.07) is 0.123. The van der Waals surface area contributed by atoms with E-state index in [0.29, 0.717) is 19.0 Å². The number of nitrogens with two attached hydrogens (primary N) is 1. The first-order valence-corrected chi connectivity index (χ1v) is 6.81. The zero-order chi connectivity index (χ0) is 11.9. The molecule has 6 heteroatoms. The minimum absolute atomic E-state index is 0.123. The van der Waals surface area contributed by atoms with Gasteiger partial charge in [-0.05, 0) is 25.7 Å². The SMILES string of the molecule is CC(C)CNS(=O)(=O)NCCCC(C)N. The average molecular weight is 237 g/mol. The van der Waals surface area contributed by atoms with Crippen molar-refractivity contribution in [2.45, 2.75) is 39.7 Å². The Morgan fingerprint density at radius 2 is 1.80 bits per heavy atom. The highest BCUT2D eigenvalue weighted by Gasteiger charge is 2.08. The van der Waals surface area contributed by atoms with E-state index < -0.39 is 10.2 Å². The Morgan fingerprint density at radius 3 is 2.27 bits per heavy atom. The van der Waals surface area contributed by atoms with Crippen LogP contribution in [-0.4, -0.2) is 27.5 Å². The molecule has 0 aromatic heterocycles. The van der Waals surface area contributed by atoms with Crippen LogP contribution >= 0.6 is 0 Å². The molecule has 5 nitrogen and oxygen atoms in total. The van der Waals surface area contributed by atoms with Gasteiger partial charge in [-0.15, -0.1) is 0 Å². The van der Waals surface area contributed by atoms with Crippen LogP contribution in [0.3, 0.4) is 0 Å². The van der Waals surface area contributed by atoms with Crippen molar-refractivity contribution in [3.05, 3.63) is 0 Å². The van der Waals surface area contributed by atoms with Crippen LogP contribution in [0.2, 0.25) is 0 Å². The number of nitrogens with one attached hydrogen (secondary N) is 2. The minimum atomic E-state index is -3.32. The maximum Gasteiger partial charge on any atom is 0.276 e. The van der Waals surface area contributed by atoms with Gasteiger partial charge in [0, 0.05) is 19.1 Å². The zero-order valence-corrected chi connectivity index (χ0v) is 10.6. The Bertz CT molecular complexity index is 250. The Kier molecular flexibility index (Phi) is 7.08. The van der Waals surface area contributed by atoms with Crippen LogP contribution in [0.15, 0.2) is 0 Å². The van der Waals surface area contributed by atoms with Crippen molar-refractivity contribution in [1.82, 2.24) is 9.44 Å². The Hall–Kier alpha value is -0.170. The fourth-order valence-corrected chi connectivity index (χ4v) is 2.03. The van der Waals surface area contributed by atoms with Crippen molar-refractivity contribution in [3.8, 4) is 0 Å². The highest BCUT2D eigenvalue weighted by Crippen LogP contribution is 1.93. The summed E-state index contributed by atoms with van der Waals surface area (Å²) >= 11 is 0. The fourth-order valence-electron chi connectivity index (χ4n) is 0.958. The summed E-state index contributed by atoms with van der Waals surface area (Å²) in [7, 11) is -3.32. The Labute approximate surface area is 93.0 Å². The minimum Gasteiger partial charge on any atom is -0.328 e. The van der Waals surface area contributed by atoms with Crippen molar-refractivity contribution in [3.63, 3.8) is 0 Å². The molecule has 0 aromatic rings. The predicted octanol–water partition coefficient (Wildman–Crippen LogP) is 0.194. The van der Waals surface area contributed by atoms with Gasteiger partial charge in [0.1, 0.15) is 0 Å². The van der Waals surface area contributed by atoms with Crippen LogP contribution in [0, 0.1) is 5.92 Å². The Morgan fingerprint density at radius 1 is 1.20 bits per heavy atom.